The smallest absolute Gasteiger partial charge is 0.247 e. The largest absolute Gasteiger partial charge is 0.369 e. The fourth-order valence-electron chi connectivity index (χ4n) is 3.14. The van der Waals surface area contributed by atoms with Crippen LogP contribution < -0.4 is 10.2 Å². The molecular formula is C21H30N6. The summed E-state index contributed by atoms with van der Waals surface area (Å²) >= 11 is 0. The third-order valence-electron chi connectivity index (χ3n) is 4.76. The molecule has 0 amide bonds. The maximum Gasteiger partial charge on any atom is 0.247 e. The van der Waals surface area contributed by atoms with Crippen molar-refractivity contribution in [3.63, 3.8) is 0 Å². The van der Waals surface area contributed by atoms with Crippen molar-refractivity contribution < 1.29 is 0 Å². The highest BCUT2D eigenvalue weighted by Crippen LogP contribution is 2.13. The lowest BCUT2D eigenvalue weighted by atomic mass is 10.2. The SMILES string of the molecule is CCCCCNc1cnnc(N2CCN(C/C=C/c3ccccc3)CC2)n1. The molecule has 2 heterocycles. The van der Waals surface area contributed by atoms with Crippen molar-refractivity contribution in [2.24, 2.45) is 0 Å². The Labute approximate surface area is 162 Å². The van der Waals surface area contributed by atoms with Crippen molar-refractivity contribution >= 4 is 17.8 Å². The molecule has 0 atom stereocenters. The number of rotatable bonds is 9. The van der Waals surface area contributed by atoms with E-state index in [-0.39, 0.29) is 0 Å². The molecule has 0 spiro atoms. The van der Waals surface area contributed by atoms with Gasteiger partial charge in [-0.3, -0.25) is 4.90 Å². The standard InChI is InChI=1S/C21H30N6/c1-2-3-7-12-22-20-18-23-25-21(24-20)27-16-14-26(15-17-27)13-8-11-19-9-5-4-6-10-19/h4-6,8-11,18H,2-3,7,12-17H2,1H3,(H,22,24,25)/b11-8+. The van der Waals surface area contributed by atoms with E-state index in [0.29, 0.717) is 0 Å². The first-order valence-corrected chi connectivity index (χ1v) is 9.97. The van der Waals surface area contributed by atoms with E-state index in [1.54, 1.807) is 6.20 Å². The zero-order valence-corrected chi connectivity index (χ0v) is 16.2. The highest BCUT2D eigenvalue weighted by Gasteiger charge is 2.18. The molecule has 27 heavy (non-hydrogen) atoms. The van der Waals surface area contributed by atoms with Crippen LogP contribution in [0.1, 0.15) is 31.7 Å². The molecule has 1 saturated heterocycles. The van der Waals surface area contributed by atoms with Crippen LogP contribution in [0.5, 0.6) is 0 Å². The molecule has 6 heteroatoms. The first kappa shape index (κ1) is 19.3. The van der Waals surface area contributed by atoms with Crippen LogP contribution in [0.3, 0.4) is 0 Å². The Bertz CT molecular complexity index is 695. The Morgan fingerprint density at radius 2 is 1.89 bits per heavy atom. The van der Waals surface area contributed by atoms with E-state index in [2.05, 4.69) is 73.6 Å². The Hall–Kier alpha value is -2.47. The van der Waals surface area contributed by atoms with E-state index in [1.165, 1.54) is 18.4 Å². The summed E-state index contributed by atoms with van der Waals surface area (Å²) in [6.45, 7) is 8.00. The minimum atomic E-state index is 0.731. The summed E-state index contributed by atoms with van der Waals surface area (Å²) in [4.78, 5) is 9.31. The summed E-state index contributed by atoms with van der Waals surface area (Å²) in [5.41, 5.74) is 1.25. The minimum Gasteiger partial charge on any atom is -0.369 e. The quantitative estimate of drug-likeness (QED) is 0.687. The van der Waals surface area contributed by atoms with Crippen molar-refractivity contribution in [1.82, 2.24) is 20.1 Å². The van der Waals surface area contributed by atoms with Gasteiger partial charge in [-0.15, -0.1) is 5.10 Å². The predicted octanol–water partition coefficient (Wildman–Crippen LogP) is 3.31. The predicted molar refractivity (Wildman–Crippen MR) is 112 cm³/mol. The van der Waals surface area contributed by atoms with E-state index < -0.39 is 0 Å². The molecule has 6 nitrogen and oxygen atoms in total. The number of aromatic nitrogens is 3. The third-order valence-corrected chi connectivity index (χ3v) is 4.76. The van der Waals surface area contributed by atoms with Gasteiger partial charge in [0.15, 0.2) is 5.82 Å². The average molecular weight is 367 g/mol. The fraction of sp³-hybridized carbons (Fsp3) is 0.476. The van der Waals surface area contributed by atoms with E-state index in [1.807, 2.05) is 6.07 Å². The first-order valence-electron chi connectivity index (χ1n) is 9.97. The lowest BCUT2D eigenvalue weighted by Gasteiger charge is -2.33. The number of piperazine rings is 1. The first-order chi connectivity index (χ1) is 13.3. The van der Waals surface area contributed by atoms with Crippen LogP contribution in [-0.2, 0) is 0 Å². The summed E-state index contributed by atoms with van der Waals surface area (Å²) in [5, 5.41) is 11.7. The molecule has 2 aromatic rings. The van der Waals surface area contributed by atoms with Crippen LogP contribution in [-0.4, -0.2) is 59.3 Å². The zero-order valence-electron chi connectivity index (χ0n) is 16.2. The van der Waals surface area contributed by atoms with Crippen LogP contribution in [0, 0.1) is 0 Å². The van der Waals surface area contributed by atoms with Crippen LogP contribution in [0.2, 0.25) is 0 Å². The molecule has 0 unspecified atom stereocenters. The molecule has 1 aliphatic heterocycles. The molecular weight excluding hydrogens is 336 g/mol. The van der Waals surface area contributed by atoms with Gasteiger partial charge < -0.3 is 10.2 Å². The minimum absolute atomic E-state index is 0.731. The Morgan fingerprint density at radius 1 is 1.07 bits per heavy atom. The fourth-order valence-corrected chi connectivity index (χ4v) is 3.14. The molecule has 1 aliphatic rings. The average Bonchev–Trinajstić information content (AvgIpc) is 2.73. The summed E-state index contributed by atoms with van der Waals surface area (Å²) in [5.74, 6) is 1.55. The number of benzene rings is 1. The second kappa shape index (κ2) is 10.6. The molecule has 144 valence electrons. The monoisotopic (exact) mass is 366 g/mol. The second-order valence-electron chi connectivity index (χ2n) is 6.88. The van der Waals surface area contributed by atoms with Gasteiger partial charge in [0.05, 0.1) is 6.20 Å². The highest BCUT2D eigenvalue weighted by molar-refractivity contribution is 5.48. The van der Waals surface area contributed by atoms with Crippen LogP contribution in [0.25, 0.3) is 6.08 Å². The van der Waals surface area contributed by atoms with E-state index in [0.717, 1.165) is 57.5 Å². The molecule has 3 rings (SSSR count). The lowest BCUT2D eigenvalue weighted by Crippen LogP contribution is -2.47. The van der Waals surface area contributed by atoms with Gasteiger partial charge in [0.25, 0.3) is 0 Å². The van der Waals surface area contributed by atoms with E-state index in [4.69, 9.17) is 0 Å². The van der Waals surface area contributed by atoms with Gasteiger partial charge in [0, 0.05) is 39.3 Å². The number of nitrogens with one attached hydrogen (secondary N) is 1. The molecule has 0 bridgehead atoms. The van der Waals surface area contributed by atoms with E-state index >= 15 is 0 Å². The number of nitrogens with zero attached hydrogens (tertiary/aromatic N) is 5. The number of hydrogen-bond donors (Lipinski definition) is 1. The van der Waals surface area contributed by atoms with Crippen molar-refractivity contribution in [2.45, 2.75) is 26.2 Å². The molecule has 1 fully saturated rings. The van der Waals surface area contributed by atoms with Crippen LogP contribution in [0.15, 0.2) is 42.6 Å². The highest BCUT2D eigenvalue weighted by atomic mass is 15.4. The Kier molecular flexibility index (Phi) is 7.59. The molecule has 1 aromatic carbocycles. The summed E-state index contributed by atoms with van der Waals surface area (Å²) < 4.78 is 0. The number of unbranched alkanes of at least 4 members (excludes halogenated alkanes) is 2. The number of anilines is 2. The third kappa shape index (κ3) is 6.32. The maximum absolute atomic E-state index is 4.63. The summed E-state index contributed by atoms with van der Waals surface area (Å²) in [6, 6.07) is 10.4. The Balaban J connectivity index is 1.44. The molecule has 0 radical (unpaired) electrons. The van der Waals surface area contributed by atoms with Crippen molar-refractivity contribution in [3.8, 4) is 0 Å². The van der Waals surface area contributed by atoms with Crippen molar-refractivity contribution in [3.05, 3.63) is 48.2 Å². The van der Waals surface area contributed by atoms with Gasteiger partial charge in [-0.2, -0.15) is 10.1 Å². The second-order valence-corrected chi connectivity index (χ2v) is 6.88. The Morgan fingerprint density at radius 3 is 2.67 bits per heavy atom. The van der Waals surface area contributed by atoms with Gasteiger partial charge in [-0.25, -0.2) is 0 Å². The normalized spacial score (nSPS) is 15.4. The van der Waals surface area contributed by atoms with Gasteiger partial charge in [0.1, 0.15) is 0 Å². The lowest BCUT2D eigenvalue weighted by molar-refractivity contribution is 0.282. The van der Waals surface area contributed by atoms with Crippen LogP contribution in [0.4, 0.5) is 11.8 Å². The van der Waals surface area contributed by atoms with Gasteiger partial charge in [-0.1, -0.05) is 62.2 Å². The van der Waals surface area contributed by atoms with Gasteiger partial charge >= 0.3 is 0 Å². The summed E-state index contributed by atoms with van der Waals surface area (Å²) in [7, 11) is 0. The molecule has 0 saturated carbocycles. The van der Waals surface area contributed by atoms with Crippen LogP contribution >= 0.6 is 0 Å². The number of hydrogen-bond acceptors (Lipinski definition) is 6. The zero-order chi connectivity index (χ0) is 18.7. The van der Waals surface area contributed by atoms with Gasteiger partial charge in [-0.05, 0) is 12.0 Å². The van der Waals surface area contributed by atoms with Crippen molar-refractivity contribution in [2.75, 3.05) is 49.5 Å². The molecule has 0 aliphatic carbocycles. The van der Waals surface area contributed by atoms with Crippen molar-refractivity contribution in [1.29, 1.82) is 0 Å². The maximum atomic E-state index is 4.63. The van der Waals surface area contributed by atoms with Gasteiger partial charge in [0.2, 0.25) is 5.95 Å². The molecule has 1 aromatic heterocycles. The topological polar surface area (TPSA) is 57.2 Å². The summed E-state index contributed by atoms with van der Waals surface area (Å²) in [6.07, 6.45) is 9.75. The van der Waals surface area contributed by atoms with E-state index in [9.17, 15) is 0 Å². The molecule has 1 N–H and O–H groups in total.